The van der Waals surface area contributed by atoms with Gasteiger partial charge in [-0.3, -0.25) is 0 Å². The molecule has 4 aromatic rings. The van der Waals surface area contributed by atoms with E-state index in [-0.39, 0.29) is 19.2 Å². The van der Waals surface area contributed by atoms with Crippen LogP contribution < -0.4 is 4.90 Å². The highest BCUT2D eigenvalue weighted by molar-refractivity contribution is 5.91. The molecule has 0 radical (unpaired) electrons. The van der Waals surface area contributed by atoms with Gasteiger partial charge in [0.05, 0.1) is 33.7 Å². The molecule has 8 nitrogen and oxygen atoms in total. The summed E-state index contributed by atoms with van der Waals surface area (Å²) >= 11 is 0. The molecule has 1 aliphatic carbocycles. The fourth-order valence-electron chi connectivity index (χ4n) is 7.22. The predicted molar refractivity (Wildman–Crippen MR) is 150 cm³/mol. The lowest BCUT2D eigenvalue weighted by Crippen LogP contribution is -2.45. The molecule has 0 bridgehead atoms. The zero-order valence-electron chi connectivity index (χ0n) is 24.1. The van der Waals surface area contributed by atoms with Crippen LogP contribution in [0.15, 0.2) is 48.7 Å². The Labute approximate surface area is 245 Å². The molecule has 0 spiro atoms. The van der Waals surface area contributed by atoms with E-state index >= 15 is 4.39 Å². The van der Waals surface area contributed by atoms with Crippen LogP contribution in [-0.4, -0.2) is 43.1 Å². The van der Waals surface area contributed by atoms with Gasteiger partial charge < -0.3 is 19.3 Å². The minimum absolute atomic E-state index is 0.180. The number of aliphatic hydroxyl groups is 1. The zero-order valence-corrected chi connectivity index (χ0v) is 24.1. The average molecular weight is 595 g/mol. The van der Waals surface area contributed by atoms with Crippen molar-refractivity contribution in [3.8, 4) is 5.69 Å². The summed E-state index contributed by atoms with van der Waals surface area (Å²) in [4.78, 5) is 9.92. The smallest absolute Gasteiger partial charge is 0.376 e. The molecule has 43 heavy (non-hydrogen) atoms. The second-order valence-corrected chi connectivity index (χ2v) is 11.5. The lowest BCUT2D eigenvalue weighted by atomic mass is 9.61. The number of benzene rings is 1. The molecule has 12 heteroatoms. The van der Waals surface area contributed by atoms with E-state index in [1.54, 1.807) is 17.7 Å². The maximum absolute atomic E-state index is 17.2. The first kappa shape index (κ1) is 27.8. The first-order valence-electron chi connectivity index (χ1n) is 14.1. The number of para-hydroxylation sites is 1. The van der Waals surface area contributed by atoms with Gasteiger partial charge in [0.2, 0.25) is 5.95 Å². The monoisotopic (exact) mass is 594 g/mol. The highest BCUT2D eigenvalue weighted by atomic mass is 19.4. The summed E-state index contributed by atoms with van der Waals surface area (Å²) in [6, 6.07) is 7.75. The third-order valence-electron chi connectivity index (χ3n) is 9.39. The van der Waals surface area contributed by atoms with Crippen molar-refractivity contribution in [2.45, 2.75) is 64.1 Å². The number of aromatic nitrogens is 5. The summed E-state index contributed by atoms with van der Waals surface area (Å²) in [5.41, 5.74) is 3.33. The number of allylic oxidation sites excluding steroid dienone is 1. The van der Waals surface area contributed by atoms with Crippen molar-refractivity contribution < 1.29 is 27.4 Å². The molecular weight excluding hydrogens is 564 g/mol. The van der Waals surface area contributed by atoms with Gasteiger partial charge >= 0.3 is 6.18 Å². The number of rotatable bonds is 4. The Kier molecular flexibility index (Phi) is 5.97. The Morgan fingerprint density at radius 1 is 1.09 bits per heavy atom. The quantitative estimate of drug-likeness (QED) is 0.318. The Morgan fingerprint density at radius 2 is 1.84 bits per heavy atom. The molecule has 0 amide bonds. The highest BCUT2D eigenvalue weighted by Crippen LogP contribution is 2.61. The van der Waals surface area contributed by atoms with Crippen molar-refractivity contribution in [3.05, 3.63) is 93.6 Å². The Morgan fingerprint density at radius 3 is 2.49 bits per heavy atom. The van der Waals surface area contributed by atoms with Gasteiger partial charge in [-0.1, -0.05) is 25.1 Å². The van der Waals surface area contributed by atoms with Crippen LogP contribution in [0.5, 0.6) is 0 Å². The van der Waals surface area contributed by atoms with Gasteiger partial charge in [0.15, 0.2) is 5.60 Å². The fourth-order valence-corrected chi connectivity index (χ4v) is 7.22. The molecule has 1 N–H and O–H groups in total. The van der Waals surface area contributed by atoms with Gasteiger partial charge in [-0.2, -0.15) is 18.3 Å². The number of halogens is 4. The van der Waals surface area contributed by atoms with Crippen molar-refractivity contribution in [2.24, 2.45) is 0 Å². The van der Waals surface area contributed by atoms with Crippen LogP contribution in [0.2, 0.25) is 0 Å². The summed E-state index contributed by atoms with van der Waals surface area (Å²) < 4.78 is 66.2. The normalized spacial score (nSPS) is 22.6. The van der Waals surface area contributed by atoms with Gasteiger partial charge in [-0.15, -0.1) is 0 Å². The summed E-state index contributed by atoms with van der Waals surface area (Å²) in [6.45, 7) is 6.07. The maximum atomic E-state index is 17.2. The standard InChI is InChI=1S/C31H30F4N6O2/c1-5-17-7-6-8-19-23-25(32)30(3,43-4)27-21(9-11-40(27)16-42)29(23,2)26-20-15-39(12-10-22(20)38-41(26)24(17)19)28-36-13-18(14-37-28)31(33,34)35/h6-9,11,13-14,42H,5,10,12,15-16H2,1-4H3. The van der Waals surface area contributed by atoms with E-state index in [1.807, 2.05) is 47.7 Å². The van der Waals surface area contributed by atoms with Crippen LogP contribution in [0, 0.1) is 0 Å². The molecule has 2 unspecified atom stereocenters. The lowest BCUT2D eigenvalue weighted by molar-refractivity contribution is -0.138. The highest BCUT2D eigenvalue weighted by Gasteiger charge is 2.57. The van der Waals surface area contributed by atoms with Gasteiger partial charge in [-0.25, -0.2) is 19.0 Å². The Bertz CT molecular complexity index is 1810. The Balaban J connectivity index is 1.49. The van der Waals surface area contributed by atoms with E-state index in [9.17, 15) is 18.3 Å². The van der Waals surface area contributed by atoms with Crippen LogP contribution in [0.1, 0.15) is 65.7 Å². The lowest BCUT2D eigenvalue weighted by Gasteiger charge is -2.47. The van der Waals surface area contributed by atoms with Gasteiger partial charge in [0, 0.05) is 61.9 Å². The molecular formula is C31H30F4N6O2. The largest absolute Gasteiger partial charge is 0.419 e. The van der Waals surface area contributed by atoms with Gasteiger partial charge in [-0.05, 0) is 37.5 Å². The number of methoxy groups -OCH3 is 1. The fraction of sp³-hybridized carbons (Fsp3) is 0.387. The number of aliphatic hydroxyl groups excluding tert-OH is 1. The van der Waals surface area contributed by atoms with Crippen molar-refractivity contribution in [1.29, 1.82) is 0 Å². The van der Waals surface area contributed by atoms with E-state index in [0.717, 1.165) is 51.7 Å². The minimum Gasteiger partial charge on any atom is -0.376 e. The number of anilines is 1. The number of hydrogen-bond acceptors (Lipinski definition) is 6. The first-order valence-corrected chi connectivity index (χ1v) is 14.1. The molecule has 2 aliphatic heterocycles. The van der Waals surface area contributed by atoms with Crippen LogP contribution in [0.25, 0.3) is 11.3 Å². The summed E-state index contributed by atoms with van der Waals surface area (Å²) in [6.07, 6.45) is -0.0202. The van der Waals surface area contributed by atoms with Gasteiger partial charge in [0.1, 0.15) is 12.6 Å². The number of fused-ring (bicyclic) bond motifs is 10. The molecule has 1 aromatic carbocycles. The molecule has 2 atom stereocenters. The molecule has 3 aromatic heterocycles. The number of hydrogen-bond donors (Lipinski definition) is 1. The van der Waals surface area contributed by atoms with Crippen LogP contribution in [0.3, 0.4) is 0 Å². The zero-order chi connectivity index (χ0) is 30.5. The van der Waals surface area contributed by atoms with Crippen LogP contribution in [0.4, 0.5) is 23.5 Å². The van der Waals surface area contributed by atoms with Crippen molar-refractivity contribution in [2.75, 3.05) is 18.6 Å². The number of ether oxygens (including phenoxy) is 1. The number of alkyl halides is 3. The molecule has 0 fully saturated rings. The summed E-state index contributed by atoms with van der Waals surface area (Å²) in [5, 5.41) is 15.3. The number of aryl methyl sites for hydroxylation is 1. The molecule has 5 heterocycles. The molecule has 224 valence electrons. The third kappa shape index (κ3) is 3.59. The van der Waals surface area contributed by atoms with Crippen molar-refractivity contribution >= 4 is 11.5 Å². The molecule has 0 saturated heterocycles. The van der Waals surface area contributed by atoms with Crippen LogP contribution in [-0.2, 0) is 48.0 Å². The van der Waals surface area contributed by atoms with Gasteiger partial charge in [0.25, 0.3) is 0 Å². The summed E-state index contributed by atoms with van der Waals surface area (Å²) in [7, 11) is 1.46. The Hall–Kier alpha value is -4.03. The molecule has 0 saturated carbocycles. The van der Waals surface area contributed by atoms with E-state index < -0.39 is 28.6 Å². The second-order valence-electron chi connectivity index (χ2n) is 11.5. The van der Waals surface area contributed by atoms with Crippen LogP contribution >= 0.6 is 0 Å². The van der Waals surface area contributed by atoms with E-state index in [1.165, 1.54) is 7.11 Å². The summed E-state index contributed by atoms with van der Waals surface area (Å²) in [5.74, 6) is -0.272. The number of nitrogens with zero attached hydrogens (tertiary/aromatic N) is 6. The average Bonchev–Trinajstić information content (AvgIpc) is 3.62. The first-order chi connectivity index (χ1) is 20.5. The minimum atomic E-state index is -4.54. The van der Waals surface area contributed by atoms with E-state index in [4.69, 9.17) is 9.84 Å². The second kappa shape index (κ2) is 9.23. The molecule has 3 aliphatic rings. The molecule has 7 rings (SSSR count). The SMILES string of the molecule is CCc1cccc2c1-n1nc3c(c1C1(C)C2=C(F)C(C)(OC)c2c1ccn2CO)CN(c1ncc(C(F)(F)F)cn1)CC3. The maximum Gasteiger partial charge on any atom is 0.419 e. The van der Waals surface area contributed by atoms with E-state index in [0.29, 0.717) is 30.7 Å². The topological polar surface area (TPSA) is 81.2 Å². The van der Waals surface area contributed by atoms with Crippen molar-refractivity contribution in [3.63, 3.8) is 0 Å². The predicted octanol–water partition coefficient (Wildman–Crippen LogP) is 5.43. The van der Waals surface area contributed by atoms with E-state index in [2.05, 4.69) is 9.97 Å². The third-order valence-corrected chi connectivity index (χ3v) is 9.39. The van der Waals surface area contributed by atoms with Crippen molar-refractivity contribution in [1.82, 2.24) is 24.3 Å².